The first-order chi connectivity index (χ1) is 8.58. The molecule has 2 nitrogen and oxygen atoms in total. The first-order valence-electron chi connectivity index (χ1n) is 5.61. The Morgan fingerprint density at radius 1 is 1.06 bits per heavy atom. The molecule has 2 aromatic rings. The maximum absolute atomic E-state index is 13.8. The van der Waals surface area contributed by atoms with Crippen LogP contribution in [0.3, 0.4) is 0 Å². The minimum absolute atomic E-state index is 0.152. The second kappa shape index (κ2) is 5.04. The fraction of sp³-hybridized carbons (Fsp3) is 0.143. The van der Waals surface area contributed by atoms with Gasteiger partial charge in [0.1, 0.15) is 5.82 Å². The van der Waals surface area contributed by atoms with Crippen LogP contribution < -0.4 is 11.1 Å². The van der Waals surface area contributed by atoms with Gasteiger partial charge in [-0.2, -0.15) is 0 Å². The quantitative estimate of drug-likeness (QED) is 0.815. The summed E-state index contributed by atoms with van der Waals surface area (Å²) >= 11 is 0. The minimum atomic E-state index is -0.447. The molecule has 0 radical (unpaired) electrons. The Morgan fingerprint density at radius 2 is 1.72 bits per heavy atom. The number of nitrogens with two attached hydrogens (primary N) is 1. The second-order valence-electron chi connectivity index (χ2n) is 4.14. The Bertz CT molecular complexity index is 550. The van der Waals surface area contributed by atoms with E-state index in [0.717, 1.165) is 5.56 Å². The third-order valence-electron chi connectivity index (χ3n) is 2.79. The highest BCUT2D eigenvalue weighted by atomic mass is 19.1. The molecule has 2 aromatic carbocycles. The van der Waals surface area contributed by atoms with E-state index in [9.17, 15) is 8.78 Å². The number of halogens is 2. The van der Waals surface area contributed by atoms with Crippen LogP contribution in [0, 0.1) is 18.6 Å². The van der Waals surface area contributed by atoms with Gasteiger partial charge in [0.25, 0.3) is 0 Å². The van der Waals surface area contributed by atoms with E-state index in [1.807, 2.05) is 0 Å². The summed E-state index contributed by atoms with van der Waals surface area (Å²) in [6, 6.07) is 9.44. The van der Waals surface area contributed by atoms with Gasteiger partial charge in [0, 0.05) is 6.54 Å². The SMILES string of the molecule is Cc1ccc(NCc2ccc(F)cc2)c([18F])c1N. The lowest BCUT2D eigenvalue weighted by molar-refractivity contribution is 0.626. The van der Waals surface area contributed by atoms with E-state index >= 15 is 0 Å². The molecule has 4 heteroatoms. The molecule has 0 fully saturated rings. The van der Waals surface area contributed by atoms with E-state index < -0.39 is 5.82 Å². The minimum Gasteiger partial charge on any atom is -0.396 e. The van der Waals surface area contributed by atoms with E-state index in [1.54, 1.807) is 31.2 Å². The van der Waals surface area contributed by atoms with Gasteiger partial charge in [0.15, 0.2) is 5.82 Å². The van der Waals surface area contributed by atoms with Crippen LogP contribution in [0.1, 0.15) is 11.1 Å². The van der Waals surface area contributed by atoms with Crippen molar-refractivity contribution >= 4 is 11.4 Å². The van der Waals surface area contributed by atoms with Gasteiger partial charge in [-0.15, -0.1) is 0 Å². The van der Waals surface area contributed by atoms with Crippen molar-refractivity contribution in [1.82, 2.24) is 0 Å². The van der Waals surface area contributed by atoms with Gasteiger partial charge < -0.3 is 11.1 Å². The first-order valence-corrected chi connectivity index (χ1v) is 5.61. The van der Waals surface area contributed by atoms with E-state index in [2.05, 4.69) is 5.32 Å². The van der Waals surface area contributed by atoms with E-state index in [4.69, 9.17) is 5.73 Å². The van der Waals surface area contributed by atoms with Crippen molar-refractivity contribution in [1.29, 1.82) is 0 Å². The smallest absolute Gasteiger partial charge is 0.169 e. The van der Waals surface area contributed by atoms with E-state index in [0.29, 0.717) is 17.8 Å². The highest BCUT2D eigenvalue weighted by Gasteiger charge is 2.07. The molecule has 0 amide bonds. The van der Waals surface area contributed by atoms with Crippen molar-refractivity contribution in [2.75, 3.05) is 11.1 Å². The van der Waals surface area contributed by atoms with Gasteiger partial charge >= 0.3 is 0 Å². The average molecular weight is 247 g/mol. The monoisotopic (exact) mass is 247 g/mol. The lowest BCUT2D eigenvalue weighted by Crippen LogP contribution is -2.04. The molecule has 94 valence electrons. The molecule has 0 spiro atoms. The van der Waals surface area contributed by atoms with Gasteiger partial charge in [0.2, 0.25) is 0 Å². The number of nitrogens with one attached hydrogen (secondary N) is 1. The van der Waals surface area contributed by atoms with Gasteiger partial charge in [-0.05, 0) is 36.2 Å². The molecule has 0 aliphatic rings. The summed E-state index contributed by atoms with van der Waals surface area (Å²) in [5, 5.41) is 2.94. The van der Waals surface area contributed by atoms with Crippen molar-refractivity contribution in [3.05, 3.63) is 59.2 Å². The molecule has 3 N–H and O–H groups in total. The van der Waals surface area contributed by atoms with Crippen LogP contribution in [0.5, 0.6) is 0 Å². The average Bonchev–Trinajstić information content (AvgIpc) is 2.37. The zero-order chi connectivity index (χ0) is 13.1. The molecule has 0 saturated carbocycles. The zero-order valence-electron chi connectivity index (χ0n) is 10.0. The number of nitrogen functional groups attached to an aromatic ring is 1. The highest BCUT2D eigenvalue weighted by Crippen LogP contribution is 2.23. The molecule has 0 heterocycles. The Balaban J connectivity index is 2.11. The fourth-order valence-corrected chi connectivity index (χ4v) is 1.63. The van der Waals surface area contributed by atoms with Crippen LogP contribution in [0.4, 0.5) is 20.2 Å². The van der Waals surface area contributed by atoms with Gasteiger partial charge in [0.05, 0.1) is 11.4 Å². The van der Waals surface area contributed by atoms with Crippen LogP contribution >= 0.6 is 0 Å². The predicted octanol–water partition coefficient (Wildman–Crippen LogP) is 3.47. The molecule has 0 aliphatic heterocycles. The lowest BCUT2D eigenvalue weighted by Gasteiger charge is -2.10. The van der Waals surface area contributed by atoms with Crippen molar-refractivity contribution in [2.45, 2.75) is 13.5 Å². The lowest BCUT2D eigenvalue weighted by atomic mass is 10.1. The summed E-state index contributed by atoms with van der Waals surface area (Å²) < 4.78 is 26.5. The molecule has 0 aliphatic carbocycles. The third kappa shape index (κ3) is 2.59. The van der Waals surface area contributed by atoms with Crippen LogP contribution in [0.2, 0.25) is 0 Å². The molecular weight excluding hydrogens is 233 g/mol. The van der Waals surface area contributed by atoms with E-state index in [1.165, 1.54) is 12.1 Å². The number of anilines is 2. The molecule has 0 aromatic heterocycles. The van der Waals surface area contributed by atoms with Crippen molar-refractivity contribution < 1.29 is 8.78 Å². The number of hydrogen-bond acceptors (Lipinski definition) is 2. The van der Waals surface area contributed by atoms with Crippen molar-refractivity contribution in [2.24, 2.45) is 0 Å². The fourth-order valence-electron chi connectivity index (χ4n) is 1.63. The van der Waals surface area contributed by atoms with E-state index in [-0.39, 0.29) is 11.5 Å². The Kier molecular flexibility index (Phi) is 3.46. The summed E-state index contributed by atoms with van der Waals surface area (Å²) in [6.07, 6.45) is 0. The Hall–Kier alpha value is -2.10. The second-order valence-corrected chi connectivity index (χ2v) is 4.14. The highest BCUT2D eigenvalue weighted by molar-refractivity contribution is 5.60. The topological polar surface area (TPSA) is 38.0 Å². The maximum Gasteiger partial charge on any atom is 0.169 e. The van der Waals surface area contributed by atoms with Gasteiger partial charge in [-0.3, -0.25) is 0 Å². The Morgan fingerprint density at radius 3 is 2.39 bits per heavy atom. The summed E-state index contributed by atoms with van der Waals surface area (Å²) in [5.41, 5.74) is 7.69. The molecule has 0 bridgehead atoms. The van der Waals surface area contributed by atoms with Crippen LogP contribution in [0.25, 0.3) is 0 Å². The molecule has 0 unspecified atom stereocenters. The molecule has 0 saturated heterocycles. The Labute approximate surface area is 104 Å². The number of hydrogen-bond donors (Lipinski definition) is 2. The van der Waals surface area contributed by atoms with Gasteiger partial charge in [-0.1, -0.05) is 18.2 Å². The molecule has 0 atom stereocenters. The third-order valence-corrected chi connectivity index (χ3v) is 2.79. The van der Waals surface area contributed by atoms with Gasteiger partial charge in [-0.25, -0.2) is 8.78 Å². The maximum atomic E-state index is 13.8. The summed E-state index contributed by atoms with van der Waals surface area (Å²) in [6.45, 7) is 2.17. The normalized spacial score (nSPS) is 10.4. The summed E-state index contributed by atoms with van der Waals surface area (Å²) in [4.78, 5) is 0. The number of aryl methyl sites for hydroxylation is 1. The predicted molar refractivity (Wildman–Crippen MR) is 69.3 cm³/mol. The van der Waals surface area contributed by atoms with Crippen LogP contribution in [-0.2, 0) is 6.54 Å². The summed E-state index contributed by atoms with van der Waals surface area (Å²) in [5.74, 6) is -0.735. The van der Waals surface area contributed by atoms with Crippen LogP contribution in [-0.4, -0.2) is 0 Å². The molecule has 18 heavy (non-hydrogen) atoms. The van der Waals surface area contributed by atoms with Crippen molar-refractivity contribution in [3.63, 3.8) is 0 Å². The number of rotatable bonds is 3. The largest absolute Gasteiger partial charge is 0.396 e. The van der Waals surface area contributed by atoms with Crippen LogP contribution in [0.15, 0.2) is 36.4 Å². The number of benzene rings is 2. The zero-order valence-corrected chi connectivity index (χ0v) is 10.0. The standard InChI is InChI=1S/C14H14F2N2/c1-9-2-7-12(13(16)14(9)17)18-8-10-3-5-11(15)6-4-10/h2-7,18H,8,17H2,1H3/i16-1. The first kappa shape index (κ1) is 12.4. The summed E-state index contributed by atoms with van der Waals surface area (Å²) in [7, 11) is 0. The molecular formula is C14H14F2N2. The van der Waals surface area contributed by atoms with Crippen molar-refractivity contribution in [3.8, 4) is 0 Å². The molecule has 2 rings (SSSR count).